The summed E-state index contributed by atoms with van der Waals surface area (Å²) >= 11 is 1.15. The molecule has 2 heterocycles. The van der Waals surface area contributed by atoms with Crippen LogP contribution in [0.5, 0.6) is 0 Å². The van der Waals surface area contributed by atoms with E-state index in [-0.39, 0.29) is 11.8 Å². The minimum absolute atomic E-state index is 0.0282. The van der Waals surface area contributed by atoms with Gasteiger partial charge in [-0.25, -0.2) is 0 Å². The average molecular weight is 372 g/mol. The zero-order valence-corrected chi connectivity index (χ0v) is 15.8. The van der Waals surface area contributed by atoms with E-state index in [1.807, 2.05) is 17.9 Å². The lowest BCUT2D eigenvalue weighted by Gasteiger charge is -2.40. The standard InChI is InChI=1S/C19H24N4O2S/c1-19(18(25)20-14-5-2-3-6-14)9-4-10-23(12-19)17(24)13-7-8-15-16(11-13)22-26-21-15/h7-8,11,14H,2-6,9-10,12H2,1H3,(H,20,25)/t19-/m1/s1. The summed E-state index contributed by atoms with van der Waals surface area (Å²) in [7, 11) is 0. The first-order chi connectivity index (χ1) is 12.5. The molecule has 2 amide bonds. The van der Waals surface area contributed by atoms with E-state index in [1.165, 1.54) is 12.8 Å². The van der Waals surface area contributed by atoms with Crippen molar-refractivity contribution < 1.29 is 9.59 Å². The summed E-state index contributed by atoms with van der Waals surface area (Å²) in [5.41, 5.74) is 1.67. The van der Waals surface area contributed by atoms with Crippen molar-refractivity contribution in [2.24, 2.45) is 5.41 Å². The second-order valence-electron chi connectivity index (χ2n) is 7.81. The summed E-state index contributed by atoms with van der Waals surface area (Å²) in [5.74, 6) is 0.0699. The number of hydrogen-bond donors (Lipinski definition) is 1. The van der Waals surface area contributed by atoms with Gasteiger partial charge >= 0.3 is 0 Å². The molecule has 1 aromatic heterocycles. The van der Waals surface area contributed by atoms with Crippen LogP contribution in [0.25, 0.3) is 11.0 Å². The maximum absolute atomic E-state index is 13.0. The fraction of sp³-hybridized carbons (Fsp3) is 0.579. The highest BCUT2D eigenvalue weighted by Crippen LogP contribution is 2.32. The van der Waals surface area contributed by atoms with Crippen LogP contribution >= 0.6 is 11.7 Å². The van der Waals surface area contributed by atoms with Gasteiger partial charge in [0.2, 0.25) is 5.91 Å². The Morgan fingerprint density at radius 2 is 1.96 bits per heavy atom. The van der Waals surface area contributed by atoms with Gasteiger partial charge in [0.25, 0.3) is 5.91 Å². The molecule has 1 aliphatic carbocycles. The van der Waals surface area contributed by atoms with Gasteiger partial charge in [-0.1, -0.05) is 12.8 Å². The van der Waals surface area contributed by atoms with Gasteiger partial charge in [-0.3, -0.25) is 9.59 Å². The second-order valence-corrected chi connectivity index (χ2v) is 8.34. The minimum Gasteiger partial charge on any atom is -0.353 e. The molecule has 2 aromatic rings. The van der Waals surface area contributed by atoms with Gasteiger partial charge < -0.3 is 10.2 Å². The Labute approximate surface area is 157 Å². The highest BCUT2D eigenvalue weighted by atomic mass is 32.1. The summed E-state index contributed by atoms with van der Waals surface area (Å²) in [5, 5.41) is 3.22. The molecule has 1 saturated carbocycles. The lowest BCUT2D eigenvalue weighted by molar-refractivity contribution is -0.133. The third kappa shape index (κ3) is 3.32. The van der Waals surface area contributed by atoms with Crippen LogP contribution in [0.3, 0.4) is 0 Å². The second kappa shape index (κ2) is 6.95. The van der Waals surface area contributed by atoms with Gasteiger partial charge in [0.15, 0.2) is 0 Å². The van der Waals surface area contributed by atoms with Crippen LogP contribution in [0, 0.1) is 5.41 Å². The van der Waals surface area contributed by atoms with Crippen molar-refractivity contribution in [3.63, 3.8) is 0 Å². The van der Waals surface area contributed by atoms with E-state index in [4.69, 9.17) is 0 Å². The van der Waals surface area contributed by atoms with Crippen molar-refractivity contribution >= 4 is 34.6 Å². The van der Waals surface area contributed by atoms with Gasteiger partial charge in [0.1, 0.15) is 11.0 Å². The van der Waals surface area contributed by atoms with Crippen LogP contribution in [0.15, 0.2) is 18.2 Å². The number of carbonyl (C=O) groups excluding carboxylic acids is 2. The van der Waals surface area contributed by atoms with E-state index in [0.29, 0.717) is 24.7 Å². The van der Waals surface area contributed by atoms with Crippen molar-refractivity contribution in [2.45, 2.75) is 51.5 Å². The van der Waals surface area contributed by atoms with Gasteiger partial charge in [-0.05, 0) is 50.8 Å². The van der Waals surface area contributed by atoms with Gasteiger partial charge in [0, 0.05) is 24.7 Å². The first kappa shape index (κ1) is 17.4. The molecule has 6 nitrogen and oxygen atoms in total. The number of hydrogen-bond acceptors (Lipinski definition) is 5. The maximum atomic E-state index is 13.0. The molecule has 0 bridgehead atoms. The summed E-state index contributed by atoms with van der Waals surface area (Å²) in [6.07, 6.45) is 6.21. The molecule has 1 aliphatic heterocycles. The van der Waals surface area contributed by atoms with Crippen LogP contribution in [-0.2, 0) is 4.79 Å². The highest BCUT2D eigenvalue weighted by Gasteiger charge is 2.40. The van der Waals surface area contributed by atoms with E-state index in [2.05, 4.69) is 14.1 Å². The van der Waals surface area contributed by atoms with Crippen LogP contribution in [0.1, 0.15) is 55.8 Å². The molecule has 26 heavy (non-hydrogen) atoms. The zero-order valence-electron chi connectivity index (χ0n) is 15.0. The summed E-state index contributed by atoms with van der Waals surface area (Å²) < 4.78 is 8.40. The first-order valence-corrected chi connectivity index (χ1v) is 10.1. The Morgan fingerprint density at radius 3 is 2.77 bits per heavy atom. The van der Waals surface area contributed by atoms with E-state index >= 15 is 0 Å². The van der Waals surface area contributed by atoms with E-state index in [1.54, 1.807) is 12.1 Å². The van der Waals surface area contributed by atoms with Crippen LogP contribution in [-0.4, -0.2) is 44.6 Å². The molecule has 0 unspecified atom stereocenters. The van der Waals surface area contributed by atoms with Crippen LogP contribution in [0.2, 0.25) is 0 Å². The quantitative estimate of drug-likeness (QED) is 0.899. The molecule has 1 N–H and O–H groups in total. The molecule has 7 heteroatoms. The number of rotatable bonds is 3. The number of carbonyl (C=O) groups is 2. The summed E-state index contributed by atoms with van der Waals surface area (Å²) in [6.45, 7) is 3.15. The molecular formula is C19H24N4O2S. The smallest absolute Gasteiger partial charge is 0.253 e. The monoisotopic (exact) mass is 372 g/mol. The Balaban J connectivity index is 1.48. The molecule has 138 valence electrons. The van der Waals surface area contributed by atoms with E-state index in [0.717, 1.165) is 48.4 Å². The number of nitrogens with one attached hydrogen (secondary N) is 1. The normalized spacial score (nSPS) is 24.1. The molecule has 1 saturated heterocycles. The number of benzene rings is 1. The number of aromatic nitrogens is 2. The molecule has 4 rings (SSSR count). The average Bonchev–Trinajstić information content (AvgIpc) is 3.31. The Morgan fingerprint density at radius 1 is 1.19 bits per heavy atom. The molecule has 1 aromatic carbocycles. The molecule has 2 aliphatic rings. The fourth-order valence-electron chi connectivity index (χ4n) is 4.13. The van der Waals surface area contributed by atoms with Crippen molar-refractivity contribution in [1.29, 1.82) is 0 Å². The third-order valence-electron chi connectivity index (χ3n) is 5.72. The highest BCUT2D eigenvalue weighted by molar-refractivity contribution is 7.00. The van der Waals surface area contributed by atoms with Crippen molar-refractivity contribution in [3.05, 3.63) is 23.8 Å². The van der Waals surface area contributed by atoms with Crippen molar-refractivity contribution in [2.75, 3.05) is 13.1 Å². The lowest BCUT2D eigenvalue weighted by Crippen LogP contribution is -2.53. The Kier molecular flexibility index (Phi) is 4.65. The number of fused-ring (bicyclic) bond motifs is 1. The van der Waals surface area contributed by atoms with Crippen molar-refractivity contribution in [1.82, 2.24) is 19.0 Å². The lowest BCUT2D eigenvalue weighted by atomic mass is 9.80. The largest absolute Gasteiger partial charge is 0.353 e. The topological polar surface area (TPSA) is 75.2 Å². The Bertz CT molecular complexity index is 830. The van der Waals surface area contributed by atoms with Gasteiger partial charge in [-0.15, -0.1) is 0 Å². The predicted octanol–water partition coefficient (Wildman–Crippen LogP) is 2.99. The number of amides is 2. The molecule has 0 radical (unpaired) electrons. The number of likely N-dealkylation sites (tertiary alicyclic amines) is 1. The number of nitrogens with zero attached hydrogens (tertiary/aromatic N) is 3. The zero-order chi connectivity index (χ0) is 18.1. The molecule has 1 atom stereocenters. The van der Waals surface area contributed by atoms with Crippen molar-refractivity contribution in [3.8, 4) is 0 Å². The summed E-state index contributed by atoms with van der Waals surface area (Å²) in [4.78, 5) is 27.6. The van der Waals surface area contributed by atoms with Gasteiger partial charge in [0.05, 0.1) is 17.1 Å². The first-order valence-electron chi connectivity index (χ1n) is 9.38. The number of piperidine rings is 1. The Hall–Kier alpha value is -2.02. The van der Waals surface area contributed by atoms with Crippen LogP contribution in [0.4, 0.5) is 0 Å². The minimum atomic E-state index is -0.511. The molecule has 2 fully saturated rings. The van der Waals surface area contributed by atoms with Crippen LogP contribution < -0.4 is 5.32 Å². The SMILES string of the molecule is C[C@@]1(C(=O)NC2CCCC2)CCCN(C(=O)c2ccc3nsnc3c2)C1. The molecule has 0 spiro atoms. The third-order valence-corrected chi connectivity index (χ3v) is 6.28. The van der Waals surface area contributed by atoms with Gasteiger partial charge in [-0.2, -0.15) is 8.75 Å². The summed E-state index contributed by atoms with van der Waals surface area (Å²) in [6, 6.07) is 5.75. The maximum Gasteiger partial charge on any atom is 0.253 e. The fourth-order valence-corrected chi connectivity index (χ4v) is 4.64. The molecular weight excluding hydrogens is 348 g/mol. The van der Waals surface area contributed by atoms with E-state index in [9.17, 15) is 9.59 Å². The predicted molar refractivity (Wildman–Crippen MR) is 101 cm³/mol. The van der Waals surface area contributed by atoms with E-state index < -0.39 is 5.41 Å².